The van der Waals surface area contributed by atoms with Crippen LogP contribution in [-0.4, -0.2) is 41.6 Å². The van der Waals surface area contributed by atoms with Crippen molar-refractivity contribution >= 4 is 16.8 Å². The molecule has 4 nitrogen and oxygen atoms in total. The van der Waals surface area contributed by atoms with Crippen LogP contribution >= 0.6 is 0 Å². The second-order valence-corrected chi connectivity index (χ2v) is 6.87. The van der Waals surface area contributed by atoms with Crippen molar-refractivity contribution in [3.8, 4) is 0 Å². The molecule has 2 heterocycles. The predicted molar refractivity (Wildman–Crippen MR) is 90.3 cm³/mol. The van der Waals surface area contributed by atoms with E-state index in [0.29, 0.717) is 24.3 Å². The van der Waals surface area contributed by atoms with Gasteiger partial charge in [-0.05, 0) is 37.3 Å². The molecule has 1 aromatic carbocycles. The highest BCUT2D eigenvalue weighted by Gasteiger charge is 2.34. The van der Waals surface area contributed by atoms with E-state index in [1.54, 1.807) is 0 Å². The third-order valence-corrected chi connectivity index (χ3v) is 5.07. The van der Waals surface area contributed by atoms with E-state index in [-0.39, 0.29) is 0 Å². The lowest BCUT2D eigenvalue weighted by atomic mass is 10.1. The first kappa shape index (κ1) is 14.8. The molecule has 1 unspecified atom stereocenters. The highest BCUT2D eigenvalue weighted by atomic mass is 16.5. The van der Waals surface area contributed by atoms with E-state index in [4.69, 9.17) is 4.74 Å². The van der Waals surface area contributed by atoms with Crippen LogP contribution in [0.3, 0.4) is 0 Å². The number of ether oxygens (including phenoxy) is 1. The van der Waals surface area contributed by atoms with Crippen molar-refractivity contribution in [2.75, 3.05) is 19.8 Å². The molecule has 0 spiro atoms. The number of fused-ring (bicyclic) bond motifs is 1. The van der Waals surface area contributed by atoms with Crippen LogP contribution in [0, 0.1) is 5.92 Å². The standard InChI is InChI=1S/C19H24N2O2/c22-19(21(16-6-7-16)12-14-9-10-23-13-14)8-5-15-11-20-18-4-2-1-3-17(15)18/h1-4,11,14,16,20H,5-10,12-13H2. The summed E-state index contributed by atoms with van der Waals surface area (Å²) in [5.41, 5.74) is 2.39. The highest BCUT2D eigenvalue weighted by Crippen LogP contribution is 2.30. The smallest absolute Gasteiger partial charge is 0.223 e. The van der Waals surface area contributed by atoms with Gasteiger partial charge in [0.1, 0.15) is 0 Å². The highest BCUT2D eigenvalue weighted by molar-refractivity contribution is 5.84. The van der Waals surface area contributed by atoms with Gasteiger partial charge in [0.25, 0.3) is 0 Å². The van der Waals surface area contributed by atoms with Gasteiger partial charge in [-0.1, -0.05) is 18.2 Å². The zero-order valence-electron chi connectivity index (χ0n) is 13.5. The maximum atomic E-state index is 12.7. The van der Waals surface area contributed by atoms with Crippen LogP contribution in [0.4, 0.5) is 0 Å². The number of H-pyrrole nitrogens is 1. The van der Waals surface area contributed by atoms with Crippen LogP contribution in [0.5, 0.6) is 0 Å². The van der Waals surface area contributed by atoms with E-state index in [1.807, 2.05) is 12.3 Å². The molecule has 0 radical (unpaired) electrons. The van der Waals surface area contributed by atoms with Crippen molar-refractivity contribution in [1.82, 2.24) is 9.88 Å². The number of carbonyl (C=O) groups is 1. The normalized spacial score (nSPS) is 21.0. The first-order valence-corrected chi connectivity index (χ1v) is 8.73. The third-order valence-electron chi connectivity index (χ3n) is 5.07. The summed E-state index contributed by atoms with van der Waals surface area (Å²) < 4.78 is 5.46. The lowest BCUT2D eigenvalue weighted by molar-refractivity contribution is -0.132. The van der Waals surface area contributed by atoms with Gasteiger partial charge in [0, 0.05) is 48.6 Å². The molecular weight excluding hydrogens is 288 g/mol. The van der Waals surface area contributed by atoms with Gasteiger partial charge in [-0.3, -0.25) is 4.79 Å². The van der Waals surface area contributed by atoms with E-state index < -0.39 is 0 Å². The van der Waals surface area contributed by atoms with Gasteiger partial charge in [0.15, 0.2) is 0 Å². The first-order chi connectivity index (χ1) is 11.3. The van der Waals surface area contributed by atoms with Crippen molar-refractivity contribution in [2.24, 2.45) is 5.92 Å². The van der Waals surface area contributed by atoms with Gasteiger partial charge in [0.2, 0.25) is 5.91 Å². The zero-order chi connectivity index (χ0) is 15.6. The molecular formula is C19H24N2O2. The van der Waals surface area contributed by atoms with Crippen molar-refractivity contribution in [3.05, 3.63) is 36.0 Å². The molecule has 2 fully saturated rings. The Hall–Kier alpha value is -1.81. The predicted octanol–water partition coefficient (Wildman–Crippen LogP) is 3.13. The van der Waals surface area contributed by atoms with Crippen LogP contribution in [0.1, 0.15) is 31.2 Å². The van der Waals surface area contributed by atoms with E-state index in [0.717, 1.165) is 38.1 Å². The number of hydrogen-bond donors (Lipinski definition) is 1. The summed E-state index contributed by atoms with van der Waals surface area (Å²) in [5.74, 6) is 0.845. The summed E-state index contributed by atoms with van der Waals surface area (Å²) in [6, 6.07) is 8.79. The number of hydrogen-bond acceptors (Lipinski definition) is 2. The van der Waals surface area contributed by atoms with Gasteiger partial charge in [-0.2, -0.15) is 0 Å². The number of aromatic amines is 1. The summed E-state index contributed by atoms with van der Waals surface area (Å²) in [6.07, 6.45) is 6.90. The fraction of sp³-hybridized carbons (Fsp3) is 0.526. The lowest BCUT2D eigenvalue weighted by Crippen LogP contribution is -2.37. The molecule has 1 N–H and O–H groups in total. The maximum Gasteiger partial charge on any atom is 0.223 e. The molecule has 1 aliphatic heterocycles. The van der Waals surface area contributed by atoms with E-state index in [9.17, 15) is 4.79 Å². The number of aromatic nitrogens is 1. The van der Waals surface area contributed by atoms with Gasteiger partial charge in [0.05, 0.1) is 6.61 Å². The molecule has 1 amide bonds. The van der Waals surface area contributed by atoms with E-state index >= 15 is 0 Å². The molecule has 23 heavy (non-hydrogen) atoms. The van der Waals surface area contributed by atoms with Crippen LogP contribution in [0.2, 0.25) is 0 Å². The first-order valence-electron chi connectivity index (χ1n) is 8.73. The largest absolute Gasteiger partial charge is 0.381 e. The topological polar surface area (TPSA) is 45.3 Å². The minimum absolute atomic E-state index is 0.310. The molecule has 122 valence electrons. The third kappa shape index (κ3) is 3.27. The summed E-state index contributed by atoms with van der Waals surface area (Å²) in [4.78, 5) is 18.1. The number of benzene rings is 1. The Kier molecular flexibility index (Phi) is 4.08. The summed E-state index contributed by atoms with van der Waals surface area (Å²) >= 11 is 0. The Morgan fingerprint density at radius 1 is 1.26 bits per heavy atom. The quantitative estimate of drug-likeness (QED) is 0.890. The molecule has 2 aliphatic rings. The minimum atomic E-state index is 0.310. The van der Waals surface area contributed by atoms with Crippen molar-refractivity contribution in [3.63, 3.8) is 0 Å². The lowest BCUT2D eigenvalue weighted by Gasteiger charge is -2.25. The van der Waals surface area contributed by atoms with Crippen molar-refractivity contribution < 1.29 is 9.53 Å². The van der Waals surface area contributed by atoms with Crippen LogP contribution in [0.15, 0.2) is 30.5 Å². The number of nitrogens with zero attached hydrogens (tertiary/aromatic N) is 1. The molecule has 1 aliphatic carbocycles. The number of aryl methyl sites for hydroxylation is 1. The average molecular weight is 312 g/mol. The molecule has 1 aromatic heterocycles. The molecule has 1 saturated carbocycles. The molecule has 1 saturated heterocycles. The van der Waals surface area contributed by atoms with Gasteiger partial charge >= 0.3 is 0 Å². The van der Waals surface area contributed by atoms with E-state index in [1.165, 1.54) is 23.8 Å². The molecule has 4 rings (SSSR count). The summed E-state index contributed by atoms with van der Waals surface area (Å²) in [6.45, 7) is 2.56. The Morgan fingerprint density at radius 3 is 2.91 bits per heavy atom. The monoisotopic (exact) mass is 312 g/mol. The molecule has 0 bridgehead atoms. The van der Waals surface area contributed by atoms with Gasteiger partial charge in [-0.25, -0.2) is 0 Å². The fourth-order valence-corrected chi connectivity index (χ4v) is 3.57. The van der Waals surface area contributed by atoms with Gasteiger partial charge < -0.3 is 14.6 Å². The molecule has 2 aromatic rings. The Labute approximate surface area is 136 Å². The SMILES string of the molecule is O=C(CCc1c[nH]c2ccccc12)N(CC1CCOC1)C1CC1. The summed E-state index contributed by atoms with van der Waals surface area (Å²) in [5, 5.41) is 1.24. The Morgan fingerprint density at radius 2 is 2.13 bits per heavy atom. The van der Waals surface area contributed by atoms with Crippen molar-refractivity contribution in [1.29, 1.82) is 0 Å². The maximum absolute atomic E-state index is 12.7. The number of nitrogens with one attached hydrogen (secondary N) is 1. The minimum Gasteiger partial charge on any atom is -0.381 e. The van der Waals surface area contributed by atoms with Crippen LogP contribution in [0.25, 0.3) is 10.9 Å². The number of amides is 1. The molecule has 1 atom stereocenters. The van der Waals surface area contributed by atoms with Gasteiger partial charge in [-0.15, -0.1) is 0 Å². The zero-order valence-corrected chi connectivity index (χ0v) is 13.5. The molecule has 4 heteroatoms. The van der Waals surface area contributed by atoms with Crippen LogP contribution < -0.4 is 0 Å². The van der Waals surface area contributed by atoms with E-state index in [2.05, 4.69) is 28.1 Å². The number of carbonyl (C=O) groups excluding carboxylic acids is 1. The summed E-state index contributed by atoms with van der Waals surface area (Å²) in [7, 11) is 0. The number of rotatable bonds is 6. The second kappa shape index (κ2) is 6.36. The van der Waals surface area contributed by atoms with Crippen LogP contribution in [-0.2, 0) is 16.0 Å². The van der Waals surface area contributed by atoms with Crippen molar-refractivity contribution in [2.45, 2.75) is 38.1 Å². The Balaban J connectivity index is 1.39. The number of para-hydroxylation sites is 1. The second-order valence-electron chi connectivity index (χ2n) is 6.87. The Bertz CT molecular complexity index is 683. The fourth-order valence-electron chi connectivity index (χ4n) is 3.57. The average Bonchev–Trinajstić information content (AvgIpc) is 3.12.